The molecule has 1 N–H and O–H groups in total. The first-order valence-electron chi connectivity index (χ1n) is 5.68. The van der Waals surface area contributed by atoms with Gasteiger partial charge in [0.25, 0.3) is 0 Å². The monoisotopic (exact) mass is 200 g/mol. The Bertz CT molecular complexity index is 390. The molecule has 2 bridgehead atoms. The molecule has 1 saturated carbocycles. The van der Waals surface area contributed by atoms with Crippen LogP contribution in [0.4, 0.5) is 0 Å². The summed E-state index contributed by atoms with van der Waals surface area (Å²) in [6, 6.07) is 8.75. The Morgan fingerprint density at radius 3 is 2.40 bits per heavy atom. The van der Waals surface area contributed by atoms with Crippen molar-refractivity contribution in [3.8, 4) is 0 Å². The first-order valence-corrected chi connectivity index (χ1v) is 5.68. The lowest BCUT2D eigenvalue weighted by Gasteiger charge is -2.18. The van der Waals surface area contributed by atoms with Gasteiger partial charge in [-0.25, -0.2) is 0 Å². The van der Waals surface area contributed by atoms with Gasteiger partial charge in [-0.2, -0.15) is 0 Å². The molecule has 2 aliphatic rings. The lowest BCUT2D eigenvalue weighted by Crippen LogP contribution is -2.14. The Hall–Kier alpha value is -1.08. The number of hydrogen-bond donors (Lipinski definition) is 1. The maximum atomic E-state index is 9.95. The van der Waals surface area contributed by atoms with E-state index in [1.807, 2.05) is 0 Å². The molecule has 0 saturated heterocycles. The zero-order valence-corrected chi connectivity index (χ0v) is 8.93. The Kier molecular flexibility index (Phi) is 1.96. The smallest absolute Gasteiger partial charge is 0.0671 e. The topological polar surface area (TPSA) is 20.2 Å². The van der Waals surface area contributed by atoms with E-state index in [9.17, 15) is 5.11 Å². The van der Waals surface area contributed by atoms with E-state index in [1.54, 1.807) is 0 Å². The van der Waals surface area contributed by atoms with Gasteiger partial charge in [0.1, 0.15) is 0 Å². The largest absolute Gasteiger partial charge is 0.392 e. The minimum Gasteiger partial charge on any atom is -0.392 e. The fraction of sp³-hybridized carbons (Fsp3) is 0.429. The second kappa shape index (κ2) is 3.21. The molecule has 4 unspecified atom stereocenters. The minimum absolute atomic E-state index is 0.128. The Morgan fingerprint density at radius 1 is 1.13 bits per heavy atom. The number of aryl methyl sites for hydroxylation is 1. The van der Waals surface area contributed by atoms with Gasteiger partial charge in [0, 0.05) is 11.8 Å². The highest BCUT2D eigenvalue weighted by Crippen LogP contribution is 2.48. The molecule has 2 aliphatic carbocycles. The molecule has 0 heterocycles. The van der Waals surface area contributed by atoms with Crippen LogP contribution in [0.5, 0.6) is 0 Å². The summed E-state index contributed by atoms with van der Waals surface area (Å²) in [5, 5.41) is 9.95. The SMILES string of the molecule is Cc1ccc(C2CC3C=CC2C3O)cc1. The summed E-state index contributed by atoms with van der Waals surface area (Å²) in [5.41, 5.74) is 2.69. The van der Waals surface area contributed by atoms with E-state index in [0.717, 1.165) is 6.42 Å². The highest BCUT2D eigenvalue weighted by Gasteiger charge is 2.43. The first kappa shape index (κ1) is 9.17. The number of fused-ring (bicyclic) bond motifs is 2. The molecule has 0 aliphatic heterocycles. The Balaban J connectivity index is 1.91. The van der Waals surface area contributed by atoms with E-state index >= 15 is 0 Å². The molecule has 1 aromatic carbocycles. The molecular formula is C14H16O. The van der Waals surface area contributed by atoms with Gasteiger partial charge in [0.05, 0.1) is 6.10 Å². The van der Waals surface area contributed by atoms with Gasteiger partial charge < -0.3 is 5.11 Å². The maximum Gasteiger partial charge on any atom is 0.0671 e. The van der Waals surface area contributed by atoms with Gasteiger partial charge in [0.2, 0.25) is 0 Å². The molecule has 1 fully saturated rings. The predicted octanol–water partition coefficient (Wildman–Crippen LogP) is 2.65. The molecule has 3 rings (SSSR count). The van der Waals surface area contributed by atoms with E-state index in [2.05, 4.69) is 43.3 Å². The lowest BCUT2D eigenvalue weighted by molar-refractivity contribution is 0.135. The van der Waals surface area contributed by atoms with Gasteiger partial charge in [-0.3, -0.25) is 0 Å². The average Bonchev–Trinajstić information content (AvgIpc) is 2.75. The standard InChI is InChI=1S/C14H16O/c1-9-2-4-10(5-3-9)13-8-11-6-7-12(13)14(11)15/h2-7,11-15H,8H2,1H3. The summed E-state index contributed by atoms with van der Waals surface area (Å²) in [5.74, 6) is 1.30. The van der Waals surface area contributed by atoms with Crippen LogP contribution in [-0.4, -0.2) is 11.2 Å². The van der Waals surface area contributed by atoms with Crippen molar-refractivity contribution in [3.05, 3.63) is 47.5 Å². The van der Waals surface area contributed by atoms with Crippen molar-refractivity contribution in [2.45, 2.75) is 25.4 Å². The molecule has 1 nitrogen and oxygen atoms in total. The number of rotatable bonds is 1. The third-order valence-corrected chi connectivity index (χ3v) is 3.91. The van der Waals surface area contributed by atoms with Crippen molar-refractivity contribution in [2.75, 3.05) is 0 Å². The summed E-state index contributed by atoms with van der Waals surface area (Å²) < 4.78 is 0. The van der Waals surface area contributed by atoms with Crippen LogP contribution in [0.3, 0.4) is 0 Å². The van der Waals surface area contributed by atoms with Crippen molar-refractivity contribution in [1.29, 1.82) is 0 Å². The van der Waals surface area contributed by atoms with Crippen LogP contribution >= 0.6 is 0 Å². The molecule has 0 spiro atoms. The molecule has 0 radical (unpaired) electrons. The van der Waals surface area contributed by atoms with Gasteiger partial charge in [-0.1, -0.05) is 42.0 Å². The first-order chi connectivity index (χ1) is 7.25. The fourth-order valence-corrected chi connectivity index (χ4v) is 3.00. The van der Waals surface area contributed by atoms with E-state index in [4.69, 9.17) is 0 Å². The van der Waals surface area contributed by atoms with E-state index in [-0.39, 0.29) is 6.10 Å². The predicted molar refractivity (Wildman–Crippen MR) is 60.7 cm³/mol. The summed E-state index contributed by atoms with van der Waals surface area (Å²) in [6.07, 6.45) is 5.37. The number of aliphatic hydroxyl groups excluding tert-OH is 1. The average molecular weight is 200 g/mol. The van der Waals surface area contributed by atoms with Gasteiger partial charge in [0.15, 0.2) is 0 Å². The summed E-state index contributed by atoms with van der Waals surface area (Å²) in [6.45, 7) is 2.11. The lowest BCUT2D eigenvalue weighted by atomic mass is 9.86. The highest BCUT2D eigenvalue weighted by molar-refractivity contribution is 5.31. The molecule has 0 aromatic heterocycles. The van der Waals surface area contributed by atoms with Crippen LogP contribution in [0.2, 0.25) is 0 Å². The van der Waals surface area contributed by atoms with Crippen LogP contribution in [-0.2, 0) is 0 Å². The highest BCUT2D eigenvalue weighted by atomic mass is 16.3. The molecular weight excluding hydrogens is 184 g/mol. The van der Waals surface area contributed by atoms with E-state index in [1.165, 1.54) is 11.1 Å². The second-order valence-corrected chi connectivity index (χ2v) is 4.87. The van der Waals surface area contributed by atoms with Crippen LogP contribution in [0, 0.1) is 18.8 Å². The second-order valence-electron chi connectivity index (χ2n) is 4.87. The van der Waals surface area contributed by atoms with Crippen molar-refractivity contribution < 1.29 is 5.11 Å². The normalized spacial score (nSPS) is 37.5. The van der Waals surface area contributed by atoms with Crippen LogP contribution in [0.1, 0.15) is 23.5 Å². The van der Waals surface area contributed by atoms with Crippen LogP contribution in [0.25, 0.3) is 0 Å². The van der Waals surface area contributed by atoms with Crippen LogP contribution in [0.15, 0.2) is 36.4 Å². The third-order valence-electron chi connectivity index (χ3n) is 3.91. The zero-order valence-electron chi connectivity index (χ0n) is 8.93. The molecule has 15 heavy (non-hydrogen) atoms. The number of benzene rings is 1. The molecule has 0 amide bonds. The van der Waals surface area contributed by atoms with Crippen molar-refractivity contribution in [2.24, 2.45) is 11.8 Å². The third kappa shape index (κ3) is 1.34. The van der Waals surface area contributed by atoms with Crippen molar-refractivity contribution in [3.63, 3.8) is 0 Å². The van der Waals surface area contributed by atoms with Crippen molar-refractivity contribution >= 4 is 0 Å². The van der Waals surface area contributed by atoms with Gasteiger partial charge in [-0.15, -0.1) is 0 Å². The zero-order chi connectivity index (χ0) is 10.4. The van der Waals surface area contributed by atoms with Gasteiger partial charge in [-0.05, 0) is 24.8 Å². The minimum atomic E-state index is -0.128. The van der Waals surface area contributed by atoms with Crippen molar-refractivity contribution in [1.82, 2.24) is 0 Å². The maximum absolute atomic E-state index is 9.95. The summed E-state index contributed by atoms with van der Waals surface area (Å²) in [4.78, 5) is 0. The molecule has 4 atom stereocenters. The molecule has 78 valence electrons. The van der Waals surface area contributed by atoms with E-state index < -0.39 is 0 Å². The fourth-order valence-electron chi connectivity index (χ4n) is 3.00. The summed E-state index contributed by atoms with van der Waals surface area (Å²) >= 11 is 0. The Morgan fingerprint density at radius 2 is 1.87 bits per heavy atom. The Labute approximate surface area is 90.4 Å². The van der Waals surface area contributed by atoms with Gasteiger partial charge >= 0.3 is 0 Å². The quantitative estimate of drug-likeness (QED) is 0.691. The van der Waals surface area contributed by atoms with E-state index in [0.29, 0.717) is 17.8 Å². The van der Waals surface area contributed by atoms with Crippen LogP contribution < -0.4 is 0 Å². The molecule has 1 aromatic rings. The molecule has 1 heteroatoms. The summed E-state index contributed by atoms with van der Waals surface area (Å²) in [7, 11) is 0. The number of aliphatic hydroxyl groups is 1. The number of hydrogen-bond acceptors (Lipinski definition) is 1.